The fourth-order valence-corrected chi connectivity index (χ4v) is 3.49. The van der Waals surface area contributed by atoms with Crippen molar-refractivity contribution in [1.82, 2.24) is 10.3 Å². The quantitative estimate of drug-likeness (QED) is 0.910. The second-order valence-electron chi connectivity index (χ2n) is 5.33. The van der Waals surface area contributed by atoms with Crippen molar-refractivity contribution in [2.45, 2.75) is 43.8 Å². The van der Waals surface area contributed by atoms with Crippen LogP contribution in [-0.4, -0.2) is 30.2 Å². The lowest BCUT2D eigenvalue weighted by molar-refractivity contribution is 0.352. The molecule has 2 fully saturated rings. The van der Waals surface area contributed by atoms with Crippen LogP contribution in [0.5, 0.6) is 0 Å². The monoisotopic (exact) mass is 313 g/mol. The van der Waals surface area contributed by atoms with Gasteiger partial charge in [0.15, 0.2) is 11.6 Å². The Hall–Kier alpha value is -0.680. The highest BCUT2D eigenvalue weighted by Gasteiger charge is 2.35. The standard InChI is InChI=1S/C13H17BrFN3/c1-18(13-12(15)4-8(14)7-16-13)11-5-9-2-3-10(6-11)17-9/h4,7,9-11,17H,2-3,5-6H2,1H3. The highest BCUT2D eigenvalue weighted by molar-refractivity contribution is 9.10. The van der Waals surface area contributed by atoms with Crippen LogP contribution in [0.25, 0.3) is 0 Å². The summed E-state index contributed by atoms with van der Waals surface area (Å²) in [6, 6.07) is 3.09. The number of rotatable bonds is 2. The zero-order valence-electron chi connectivity index (χ0n) is 10.4. The van der Waals surface area contributed by atoms with Crippen LogP contribution in [-0.2, 0) is 0 Å². The highest BCUT2D eigenvalue weighted by atomic mass is 79.9. The molecule has 0 saturated carbocycles. The number of pyridine rings is 1. The fourth-order valence-electron chi connectivity index (χ4n) is 3.18. The Kier molecular flexibility index (Phi) is 3.28. The summed E-state index contributed by atoms with van der Waals surface area (Å²) in [5.74, 6) is 0.210. The van der Waals surface area contributed by atoms with Crippen molar-refractivity contribution in [3.05, 3.63) is 22.6 Å². The van der Waals surface area contributed by atoms with Crippen LogP contribution in [0.1, 0.15) is 25.7 Å². The van der Waals surface area contributed by atoms with Crippen molar-refractivity contribution < 1.29 is 4.39 Å². The first-order valence-electron chi connectivity index (χ1n) is 6.43. The molecule has 0 radical (unpaired) electrons. The minimum atomic E-state index is -0.252. The lowest BCUT2D eigenvalue weighted by atomic mass is 9.98. The van der Waals surface area contributed by atoms with Gasteiger partial charge in [-0.3, -0.25) is 0 Å². The van der Waals surface area contributed by atoms with Gasteiger partial charge in [0, 0.05) is 35.8 Å². The number of hydrogen-bond acceptors (Lipinski definition) is 3. The predicted octanol–water partition coefficient (Wildman–Crippen LogP) is 2.70. The molecule has 2 aliphatic rings. The van der Waals surface area contributed by atoms with Crippen LogP contribution in [0.4, 0.5) is 10.2 Å². The van der Waals surface area contributed by atoms with Gasteiger partial charge in [-0.2, -0.15) is 0 Å². The van der Waals surface area contributed by atoms with Crippen LogP contribution in [0.3, 0.4) is 0 Å². The number of hydrogen-bond donors (Lipinski definition) is 1. The molecule has 2 unspecified atom stereocenters. The number of anilines is 1. The normalized spacial score (nSPS) is 30.5. The SMILES string of the molecule is CN(c1ncc(Br)cc1F)C1CC2CCC(C1)N2. The second kappa shape index (κ2) is 4.78. The molecule has 0 spiro atoms. The molecule has 2 saturated heterocycles. The van der Waals surface area contributed by atoms with Gasteiger partial charge in [0.25, 0.3) is 0 Å². The molecule has 5 heteroatoms. The van der Waals surface area contributed by atoms with Crippen LogP contribution in [0, 0.1) is 5.82 Å². The molecule has 2 aliphatic heterocycles. The van der Waals surface area contributed by atoms with Gasteiger partial charge in [0.05, 0.1) is 0 Å². The van der Waals surface area contributed by atoms with Gasteiger partial charge in [-0.15, -0.1) is 0 Å². The molecule has 1 aromatic rings. The Bertz CT molecular complexity index is 442. The summed E-state index contributed by atoms with van der Waals surface area (Å²) < 4.78 is 14.6. The van der Waals surface area contributed by atoms with Crippen molar-refractivity contribution in [1.29, 1.82) is 0 Å². The molecule has 3 rings (SSSR count). The van der Waals surface area contributed by atoms with Crippen molar-refractivity contribution in [2.75, 3.05) is 11.9 Å². The number of nitrogens with one attached hydrogen (secondary N) is 1. The molecule has 1 aromatic heterocycles. The summed E-state index contributed by atoms with van der Waals surface area (Å²) in [4.78, 5) is 6.21. The van der Waals surface area contributed by atoms with Crippen molar-refractivity contribution in [2.24, 2.45) is 0 Å². The first-order valence-corrected chi connectivity index (χ1v) is 7.22. The number of piperidine rings is 1. The van der Waals surface area contributed by atoms with Crippen LogP contribution >= 0.6 is 15.9 Å². The summed E-state index contributed by atoms with van der Waals surface area (Å²) in [7, 11) is 1.95. The first kappa shape index (κ1) is 12.4. The minimum absolute atomic E-state index is 0.252. The Labute approximate surface area is 115 Å². The molecule has 98 valence electrons. The summed E-state index contributed by atoms with van der Waals surface area (Å²) in [5, 5.41) is 3.60. The van der Waals surface area contributed by atoms with E-state index < -0.39 is 0 Å². The Morgan fingerprint density at radius 3 is 2.67 bits per heavy atom. The molecular weight excluding hydrogens is 297 g/mol. The molecule has 2 atom stereocenters. The topological polar surface area (TPSA) is 28.2 Å². The number of aromatic nitrogens is 1. The zero-order chi connectivity index (χ0) is 12.7. The van der Waals surface area contributed by atoms with Gasteiger partial charge < -0.3 is 10.2 Å². The van der Waals surface area contributed by atoms with E-state index >= 15 is 0 Å². The maximum absolute atomic E-state index is 13.9. The summed E-state index contributed by atoms with van der Waals surface area (Å²) in [5.41, 5.74) is 0. The zero-order valence-corrected chi connectivity index (χ0v) is 12.0. The van der Waals surface area contributed by atoms with Gasteiger partial charge in [-0.25, -0.2) is 9.37 Å². The molecule has 3 nitrogen and oxygen atoms in total. The maximum Gasteiger partial charge on any atom is 0.166 e. The van der Waals surface area contributed by atoms with Crippen molar-refractivity contribution in [3.63, 3.8) is 0 Å². The van der Waals surface area contributed by atoms with Crippen LogP contribution < -0.4 is 10.2 Å². The van der Waals surface area contributed by atoms with Crippen LogP contribution in [0.2, 0.25) is 0 Å². The predicted molar refractivity (Wildman–Crippen MR) is 73.3 cm³/mol. The van der Waals surface area contributed by atoms with Gasteiger partial charge in [0.2, 0.25) is 0 Å². The number of nitrogens with zero attached hydrogens (tertiary/aromatic N) is 2. The number of fused-ring (bicyclic) bond motifs is 2. The molecule has 0 aliphatic carbocycles. The van der Waals surface area contributed by atoms with Crippen molar-refractivity contribution in [3.8, 4) is 0 Å². The smallest absolute Gasteiger partial charge is 0.166 e. The van der Waals surface area contributed by atoms with Gasteiger partial charge in [-0.05, 0) is 47.7 Å². The van der Waals surface area contributed by atoms with Gasteiger partial charge in [-0.1, -0.05) is 0 Å². The average molecular weight is 314 g/mol. The third-order valence-electron chi connectivity index (χ3n) is 4.12. The van der Waals surface area contributed by atoms with E-state index in [1.54, 1.807) is 6.20 Å². The minimum Gasteiger partial charge on any atom is -0.354 e. The van der Waals surface area contributed by atoms with E-state index in [0.717, 1.165) is 12.8 Å². The molecule has 3 heterocycles. The van der Waals surface area contributed by atoms with E-state index in [4.69, 9.17) is 0 Å². The van der Waals surface area contributed by atoms with Crippen molar-refractivity contribution >= 4 is 21.7 Å². The largest absolute Gasteiger partial charge is 0.354 e. The highest BCUT2D eigenvalue weighted by Crippen LogP contribution is 2.31. The van der Waals surface area contributed by atoms with E-state index in [0.29, 0.717) is 28.4 Å². The lowest BCUT2D eigenvalue weighted by Gasteiger charge is -2.36. The van der Waals surface area contributed by atoms with Crippen LogP contribution in [0.15, 0.2) is 16.7 Å². The van der Waals surface area contributed by atoms with E-state index in [1.165, 1.54) is 18.9 Å². The molecule has 2 bridgehead atoms. The Morgan fingerprint density at radius 1 is 1.39 bits per heavy atom. The lowest BCUT2D eigenvalue weighted by Crippen LogP contribution is -2.47. The third-order valence-corrected chi connectivity index (χ3v) is 4.55. The maximum atomic E-state index is 13.9. The van der Waals surface area contributed by atoms with Gasteiger partial charge in [0.1, 0.15) is 0 Å². The molecule has 0 amide bonds. The van der Waals surface area contributed by atoms with E-state index in [9.17, 15) is 4.39 Å². The Morgan fingerprint density at radius 2 is 2.06 bits per heavy atom. The van der Waals surface area contributed by atoms with Gasteiger partial charge >= 0.3 is 0 Å². The first-order chi connectivity index (χ1) is 8.63. The van der Waals surface area contributed by atoms with E-state index in [2.05, 4.69) is 26.2 Å². The van der Waals surface area contributed by atoms with E-state index in [1.807, 2.05) is 11.9 Å². The summed E-state index contributed by atoms with van der Waals surface area (Å²) in [6.45, 7) is 0. The summed E-state index contributed by atoms with van der Waals surface area (Å²) in [6.07, 6.45) is 6.34. The van der Waals surface area contributed by atoms with E-state index in [-0.39, 0.29) is 5.82 Å². The molecular formula is C13H17BrFN3. The number of halogens is 2. The molecule has 1 N–H and O–H groups in total. The average Bonchev–Trinajstić information content (AvgIpc) is 2.67. The Balaban J connectivity index is 1.79. The molecule has 0 aromatic carbocycles. The summed E-state index contributed by atoms with van der Waals surface area (Å²) >= 11 is 3.24. The fraction of sp³-hybridized carbons (Fsp3) is 0.615. The molecule has 18 heavy (non-hydrogen) atoms. The second-order valence-corrected chi connectivity index (χ2v) is 6.25. The third kappa shape index (κ3) is 2.26.